The normalized spacial score (nSPS) is 10.7. The lowest BCUT2D eigenvalue weighted by Crippen LogP contribution is -2.17. The second-order valence-electron chi connectivity index (χ2n) is 5.16. The van der Waals surface area contributed by atoms with E-state index in [-0.39, 0.29) is 11.7 Å². The molecule has 122 valence electrons. The van der Waals surface area contributed by atoms with Crippen LogP contribution in [0, 0.1) is 6.92 Å². The topological polar surface area (TPSA) is 85.1 Å². The number of hydrogen-bond acceptors (Lipinski definition) is 5. The number of thiophene rings is 1. The molecule has 0 saturated heterocycles. The van der Waals surface area contributed by atoms with E-state index in [0.29, 0.717) is 10.6 Å². The SMILES string of the molecule is Cc1cc(SCC(=O)Nc2sccc2C(N)=O)nc2ccccc12. The Hall–Kier alpha value is -2.38. The Kier molecular flexibility index (Phi) is 4.82. The number of anilines is 1. The van der Waals surface area contributed by atoms with Crippen LogP contribution in [0.4, 0.5) is 5.00 Å². The minimum atomic E-state index is -0.550. The molecule has 3 N–H and O–H groups in total. The first kappa shape index (κ1) is 16.5. The standard InChI is InChI=1S/C17H15N3O2S2/c1-10-8-15(19-13-5-3-2-4-11(10)13)24-9-14(21)20-17-12(16(18)22)6-7-23-17/h2-8H,9H2,1H3,(H2,18,22)(H,20,21). The van der Waals surface area contributed by atoms with Crippen molar-refractivity contribution in [1.29, 1.82) is 0 Å². The second-order valence-corrected chi connectivity index (χ2v) is 7.07. The van der Waals surface area contributed by atoms with Crippen LogP contribution in [0.15, 0.2) is 46.8 Å². The van der Waals surface area contributed by atoms with Crippen LogP contribution in [-0.4, -0.2) is 22.6 Å². The zero-order chi connectivity index (χ0) is 17.1. The molecule has 3 aromatic rings. The van der Waals surface area contributed by atoms with E-state index < -0.39 is 5.91 Å². The Balaban J connectivity index is 1.68. The zero-order valence-electron chi connectivity index (χ0n) is 12.9. The van der Waals surface area contributed by atoms with Gasteiger partial charge in [-0.1, -0.05) is 30.0 Å². The Bertz CT molecular complexity index is 921. The number of hydrogen-bond donors (Lipinski definition) is 2. The van der Waals surface area contributed by atoms with Crippen LogP contribution < -0.4 is 11.1 Å². The van der Waals surface area contributed by atoms with Gasteiger partial charge in [0.2, 0.25) is 5.91 Å². The minimum absolute atomic E-state index is 0.197. The van der Waals surface area contributed by atoms with Gasteiger partial charge in [0.25, 0.3) is 5.91 Å². The molecule has 1 aromatic carbocycles. The van der Waals surface area contributed by atoms with Crippen LogP contribution in [-0.2, 0) is 4.79 Å². The molecule has 2 heterocycles. The highest BCUT2D eigenvalue weighted by molar-refractivity contribution is 7.99. The lowest BCUT2D eigenvalue weighted by atomic mass is 10.1. The Morgan fingerprint density at radius 1 is 1.29 bits per heavy atom. The van der Waals surface area contributed by atoms with E-state index >= 15 is 0 Å². The van der Waals surface area contributed by atoms with Crippen LogP contribution in [0.2, 0.25) is 0 Å². The number of nitrogens with zero attached hydrogens (tertiary/aromatic N) is 1. The van der Waals surface area contributed by atoms with Crippen LogP contribution >= 0.6 is 23.1 Å². The number of para-hydroxylation sites is 1. The number of pyridine rings is 1. The molecule has 0 spiro atoms. The largest absolute Gasteiger partial charge is 0.366 e. The zero-order valence-corrected chi connectivity index (χ0v) is 14.5. The van der Waals surface area contributed by atoms with Gasteiger partial charge in [-0.2, -0.15) is 0 Å². The molecule has 2 amide bonds. The van der Waals surface area contributed by atoms with Gasteiger partial charge in [0.05, 0.1) is 21.9 Å². The first-order valence-electron chi connectivity index (χ1n) is 7.21. The van der Waals surface area contributed by atoms with E-state index in [2.05, 4.69) is 10.3 Å². The van der Waals surface area contributed by atoms with Gasteiger partial charge >= 0.3 is 0 Å². The van der Waals surface area contributed by atoms with Gasteiger partial charge in [0.1, 0.15) is 5.00 Å². The van der Waals surface area contributed by atoms with Gasteiger partial charge < -0.3 is 11.1 Å². The predicted octanol–water partition coefficient (Wildman–Crippen LogP) is 3.43. The van der Waals surface area contributed by atoms with Crippen molar-refractivity contribution in [3.05, 3.63) is 52.9 Å². The maximum Gasteiger partial charge on any atom is 0.251 e. The molecule has 5 nitrogen and oxygen atoms in total. The number of benzene rings is 1. The van der Waals surface area contributed by atoms with Crippen LogP contribution in [0.1, 0.15) is 15.9 Å². The number of fused-ring (bicyclic) bond motifs is 1. The van der Waals surface area contributed by atoms with Crippen molar-refractivity contribution in [3.63, 3.8) is 0 Å². The maximum absolute atomic E-state index is 12.1. The average Bonchev–Trinajstić information content (AvgIpc) is 3.01. The summed E-state index contributed by atoms with van der Waals surface area (Å²) in [6.07, 6.45) is 0. The molecule has 0 atom stereocenters. The summed E-state index contributed by atoms with van der Waals surface area (Å²) < 4.78 is 0. The molecular weight excluding hydrogens is 342 g/mol. The number of primary amides is 1. The number of rotatable bonds is 5. The lowest BCUT2D eigenvalue weighted by Gasteiger charge is -2.07. The molecule has 0 bridgehead atoms. The number of carbonyl (C=O) groups is 2. The Labute approximate surface area is 147 Å². The number of nitrogens with one attached hydrogen (secondary N) is 1. The Morgan fingerprint density at radius 2 is 2.08 bits per heavy atom. The molecule has 0 aliphatic carbocycles. The fraction of sp³-hybridized carbons (Fsp3) is 0.118. The summed E-state index contributed by atoms with van der Waals surface area (Å²) in [5.74, 6) is -0.537. The summed E-state index contributed by atoms with van der Waals surface area (Å²) in [6.45, 7) is 2.03. The smallest absolute Gasteiger partial charge is 0.251 e. The van der Waals surface area contributed by atoms with Crippen molar-refractivity contribution in [3.8, 4) is 0 Å². The molecule has 0 radical (unpaired) electrons. The third kappa shape index (κ3) is 3.58. The van der Waals surface area contributed by atoms with E-state index in [1.54, 1.807) is 11.4 Å². The average molecular weight is 357 g/mol. The molecule has 0 fully saturated rings. The molecule has 0 saturated carbocycles. The summed E-state index contributed by atoms with van der Waals surface area (Å²) in [4.78, 5) is 27.9. The lowest BCUT2D eigenvalue weighted by molar-refractivity contribution is -0.113. The molecule has 0 aliphatic heterocycles. The molecule has 3 rings (SSSR count). The van der Waals surface area contributed by atoms with Crippen molar-refractivity contribution in [1.82, 2.24) is 4.98 Å². The third-order valence-electron chi connectivity index (χ3n) is 3.43. The monoisotopic (exact) mass is 357 g/mol. The van der Waals surface area contributed by atoms with Crippen molar-refractivity contribution in [2.75, 3.05) is 11.1 Å². The van der Waals surface area contributed by atoms with Crippen LogP contribution in [0.25, 0.3) is 10.9 Å². The van der Waals surface area contributed by atoms with Gasteiger partial charge in [0.15, 0.2) is 0 Å². The highest BCUT2D eigenvalue weighted by Gasteiger charge is 2.13. The first-order valence-corrected chi connectivity index (χ1v) is 9.07. The van der Waals surface area contributed by atoms with Gasteiger partial charge in [-0.25, -0.2) is 4.98 Å². The van der Waals surface area contributed by atoms with E-state index in [4.69, 9.17) is 5.73 Å². The van der Waals surface area contributed by atoms with Gasteiger partial charge in [-0.15, -0.1) is 11.3 Å². The maximum atomic E-state index is 12.1. The fourth-order valence-corrected chi connectivity index (χ4v) is 3.88. The third-order valence-corrected chi connectivity index (χ3v) is 5.18. The number of nitrogens with two attached hydrogens (primary N) is 1. The Morgan fingerprint density at radius 3 is 2.88 bits per heavy atom. The molecule has 24 heavy (non-hydrogen) atoms. The van der Waals surface area contributed by atoms with Crippen LogP contribution in [0.3, 0.4) is 0 Å². The molecule has 7 heteroatoms. The van der Waals surface area contributed by atoms with E-state index in [9.17, 15) is 9.59 Å². The number of aryl methyl sites for hydroxylation is 1. The minimum Gasteiger partial charge on any atom is -0.366 e. The van der Waals surface area contributed by atoms with Crippen molar-refractivity contribution < 1.29 is 9.59 Å². The summed E-state index contributed by atoms with van der Waals surface area (Å²) >= 11 is 2.63. The van der Waals surface area contributed by atoms with E-state index in [1.165, 1.54) is 23.1 Å². The quantitative estimate of drug-likeness (QED) is 0.685. The second kappa shape index (κ2) is 7.02. The highest BCUT2D eigenvalue weighted by atomic mass is 32.2. The van der Waals surface area contributed by atoms with Crippen LogP contribution in [0.5, 0.6) is 0 Å². The predicted molar refractivity (Wildman–Crippen MR) is 98.7 cm³/mol. The van der Waals surface area contributed by atoms with E-state index in [0.717, 1.165) is 21.5 Å². The molecular formula is C17H15N3O2S2. The number of thioether (sulfide) groups is 1. The number of amides is 2. The van der Waals surface area contributed by atoms with E-state index in [1.807, 2.05) is 37.3 Å². The summed E-state index contributed by atoms with van der Waals surface area (Å²) in [5, 5.41) is 6.83. The van der Waals surface area contributed by atoms with Gasteiger partial charge in [-0.3, -0.25) is 9.59 Å². The van der Waals surface area contributed by atoms with Gasteiger partial charge in [-0.05, 0) is 36.1 Å². The number of carbonyl (C=O) groups excluding carboxylic acids is 2. The van der Waals surface area contributed by atoms with Crippen molar-refractivity contribution >= 4 is 50.8 Å². The molecule has 0 unspecified atom stereocenters. The summed E-state index contributed by atoms with van der Waals surface area (Å²) in [5.41, 5.74) is 7.64. The molecule has 2 aromatic heterocycles. The highest BCUT2D eigenvalue weighted by Crippen LogP contribution is 2.25. The first-order chi connectivity index (χ1) is 11.5. The van der Waals surface area contributed by atoms with Gasteiger partial charge in [0, 0.05) is 5.39 Å². The summed E-state index contributed by atoms with van der Waals surface area (Å²) in [6, 6.07) is 11.5. The molecule has 0 aliphatic rings. The van der Waals surface area contributed by atoms with Crippen molar-refractivity contribution in [2.24, 2.45) is 5.73 Å². The fourth-order valence-electron chi connectivity index (χ4n) is 2.29. The van der Waals surface area contributed by atoms with Crippen molar-refractivity contribution in [2.45, 2.75) is 11.9 Å². The number of aromatic nitrogens is 1. The summed E-state index contributed by atoms with van der Waals surface area (Å²) in [7, 11) is 0.